The number of nitrogens with zero attached hydrogens (tertiary/aromatic N) is 2. The van der Waals surface area contributed by atoms with Gasteiger partial charge in [0.05, 0.1) is 5.69 Å². The highest BCUT2D eigenvalue weighted by atomic mass is 16.4. The standard InChI is InChI=1S/C17H20N2O4/c1-11-9-14(20)16(21)13(10-18(2)3)19(11)15(17(22)23)12-7-5-4-6-8-12/h4-9,15,21H,10H2,1-3H3,(H,22,23). The lowest BCUT2D eigenvalue weighted by Crippen LogP contribution is -2.29. The first-order valence-corrected chi connectivity index (χ1v) is 7.19. The molecule has 2 N–H and O–H groups in total. The monoisotopic (exact) mass is 316 g/mol. The van der Waals surface area contributed by atoms with Gasteiger partial charge in [0.1, 0.15) is 0 Å². The number of hydrogen-bond acceptors (Lipinski definition) is 4. The minimum Gasteiger partial charge on any atom is -0.503 e. The van der Waals surface area contributed by atoms with Crippen molar-refractivity contribution < 1.29 is 15.0 Å². The number of aliphatic carboxylic acids is 1. The zero-order valence-corrected chi connectivity index (χ0v) is 13.4. The van der Waals surface area contributed by atoms with Crippen LogP contribution in [0.15, 0.2) is 41.2 Å². The van der Waals surface area contributed by atoms with E-state index in [1.165, 1.54) is 10.6 Å². The average Bonchev–Trinajstić information content (AvgIpc) is 2.48. The number of rotatable bonds is 5. The van der Waals surface area contributed by atoms with E-state index in [2.05, 4.69) is 0 Å². The van der Waals surface area contributed by atoms with Crippen molar-refractivity contribution in [3.8, 4) is 5.75 Å². The fourth-order valence-electron chi connectivity index (χ4n) is 2.64. The molecule has 2 rings (SSSR count). The van der Waals surface area contributed by atoms with Crippen molar-refractivity contribution in [2.75, 3.05) is 14.1 Å². The van der Waals surface area contributed by atoms with E-state index in [0.29, 0.717) is 11.3 Å². The maximum absolute atomic E-state index is 11.9. The molecular formula is C17H20N2O4. The molecule has 0 spiro atoms. The van der Waals surface area contributed by atoms with Crippen LogP contribution in [-0.2, 0) is 11.3 Å². The van der Waals surface area contributed by atoms with Crippen LogP contribution in [0, 0.1) is 6.92 Å². The molecular weight excluding hydrogens is 296 g/mol. The molecule has 0 bridgehead atoms. The normalized spacial score (nSPS) is 12.3. The van der Waals surface area contributed by atoms with Crippen LogP contribution in [0.5, 0.6) is 5.75 Å². The summed E-state index contributed by atoms with van der Waals surface area (Å²) in [7, 11) is 3.57. The summed E-state index contributed by atoms with van der Waals surface area (Å²) >= 11 is 0. The third-order valence-corrected chi connectivity index (χ3v) is 3.59. The average molecular weight is 316 g/mol. The Labute approximate surface area is 134 Å². The molecule has 1 unspecified atom stereocenters. The SMILES string of the molecule is Cc1cc(=O)c(O)c(CN(C)C)n1C(C(=O)O)c1ccccc1. The van der Waals surface area contributed by atoms with Crippen LogP contribution in [-0.4, -0.2) is 39.7 Å². The molecule has 1 aromatic carbocycles. The van der Waals surface area contributed by atoms with Crippen LogP contribution in [0.4, 0.5) is 0 Å². The molecule has 0 saturated carbocycles. The lowest BCUT2D eigenvalue weighted by molar-refractivity contribution is -0.139. The van der Waals surface area contributed by atoms with Gasteiger partial charge in [-0.1, -0.05) is 30.3 Å². The van der Waals surface area contributed by atoms with Crippen molar-refractivity contribution in [2.45, 2.75) is 19.5 Å². The molecule has 0 fully saturated rings. The second kappa shape index (κ2) is 6.66. The van der Waals surface area contributed by atoms with E-state index in [-0.39, 0.29) is 12.2 Å². The topological polar surface area (TPSA) is 82.8 Å². The molecule has 0 aliphatic heterocycles. The van der Waals surface area contributed by atoms with Crippen LogP contribution in [0.1, 0.15) is 23.0 Å². The van der Waals surface area contributed by atoms with E-state index >= 15 is 0 Å². The van der Waals surface area contributed by atoms with E-state index < -0.39 is 23.2 Å². The zero-order valence-electron chi connectivity index (χ0n) is 13.4. The second-order valence-corrected chi connectivity index (χ2v) is 5.70. The van der Waals surface area contributed by atoms with Crippen molar-refractivity contribution in [2.24, 2.45) is 0 Å². The number of carboxylic acid groups (broad SMARTS) is 1. The van der Waals surface area contributed by atoms with E-state index in [4.69, 9.17) is 0 Å². The molecule has 122 valence electrons. The number of aryl methyl sites for hydroxylation is 1. The third kappa shape index (κ3) is 3.43. The highest BCUT2D eigenvalue weighted by Gasteiger charge is 2.27. The number of carbonyl (C=O) groups is 1. The van der Waals surface area contributed by atoms with Crippen molar-refractivity contribution in [1.29, 1.82) is 0 Å². The van der Waals surface area contributed by atoms with E-state index in [0.717, 1.165) is 0 Å². The predicted molar refractivity (Wildman–Crippen MR) is 86.7 cm³/mol. The highest BCUT2D eigenvalue weighted by Crippen LogP contribution is 2.26. The van der Waals surface area contributed by atoms with Gasteiger partial charge in [-0.05, 0) is 26.6 Å². The van der Waals surface area contributed by atoms with Crippen molar-refractivity contribution in [1.82, 2.24) is 9.47 Å². The summed E-state index contributed by atoms with van der Waals surface area (Å²) in [5.74, 6) is -1.46. The summed E-state index contributed by atoms with van der Waals surface area (Å²) < 4.78 is 1.51. The fraction of sp³-hybridized carbons (Fsp3) is 0.294. The van der Waals surface area contributed by atoms with E-state index in [1.807, 2.05) is 0 Å². The quantitative estimate of drug-likeness (QED) is 0.875. The molecule has 1 heterocycles. The van der Waals surface area contributed by atoms with Crippen molar-refractivity contribution in [3.05, 3.63) is 63.6 Å². The van der Waals surface area contributed by atoms with Gasteiger partial charge < -0.3 is 19.7 Å². The maximum atomic E-state index is 11.9. The second-order valence-electron chi connectivity index (χ2n) is 5.70. The molecule has 1 aromatic heterocycles. The number of aromatic hydroxyl groups is 1. The molecule has 0 aliphatic rings. The summed E-state index contributed by atoms with van der Waals surface area (Å²) in [6.45, 7) is 1.91. The predicted octanol–water partition coefficient (Wildman–Crippen LogP) is 1.60. The summed E-state index contributed by atoms with van der Waals surface area (Å²) in [4.78, 5) is 25.6. The number of pyridine rings is 1. The summed E-state index contributed by atoms with van der Waals surface area (Å²) in [6.07, 6.45) is 0. The Kier molecular flexibility index (Phi) is 4.86. The Morgan fingerprint density at radius 3 is 2.39 bits per heavy atom. The van der Waals surface area contributed by atoms with Gasteiger partial charge in [-0.15, -0.1) is 0 Å². The Morgan fingerprint density at radius 1 is 1.26 bits per heavy atom. The lowest BCUT2D eigenvalue weighted by atomic mass is 10.0. The van der Waals surface area contributed by atoms with Gasteiger partial charge in [0.25, 0.3) is 0 Å². The Morgan fingerprint density at radius 2 is 1.87 bits per heavy atom. The van der Waals surface area contributed by atoms with Crippen molar-refractivity contribution >= 4 is 5.97 Å². The number of hydrogen-bond donors (Lipinski definition) is 2. The van der Waals surface area contributed by atoms with Gasteiger partial charge in [0.15, 0.2) is 11.8 Å². The minimum absolute atomic E-state index is 0.249. The molecule has 6 nitrogen and oxygen atoms in total. The number of aromatic nitrogens is 1. The molecule has 0 saturated heterocycles. The first kappa shape index (κ1) is 16.8. The highest BCUT2D eigenvalue weighted by molar-refractivity contribution is 5.76. The maximum Gasteiger partial charge on any atom is 0.331 e. The van der Waals surface area contributed by atoms with Crippen LogP contribution in [0.2, 0.25) is 0 Å². The van der Waals surface area contributed by atoms with Gasteiger partial charge in [-0.2, -0.15) is 0 Å². The molecule has 6 heteroatoms. The van der Waals surface area contributed by atoms with Gasteiger partial charge in [-0.25, -0.2) is 4.79 Å². The first-order valence-electron chi connectivity index (χ1n) is 7.19. The van der Waals surface area contributed by atoms with Crippen molar-refractivity contribution in [3.63, 3.8) is 0 Å². The summed E-state index contributed by atoms with van der Waals surface area (Å²) in [5.41, 5.74) is 0.844. The Bertz CT molecular complexity index is 766. The fourth-order valence-corrected chi connectivity index (χ4v) is 2.64. The van der Waals surface area contributed by atoms with E-state index in [1.54, 1.807) is 56.3 Å². The van der Waals surface area contributed by atoms with Gasteiger partial charge in [0.2, 0.25) is 5.43 Å². The molecule has 2 aromatic rings. The van der Waals surface area contributed by atoms with Gasteiger partial charge in [0, 0.05) is 18.3 Å². The number of carboxylic acids is 1. The van der Waals surface area contributed by atoms with E-state index in [9.17, 15) is 19.8 Å². The summed E-state index contributed by atoms with van der Waals surface area (Å²) in [6, 6.07) is 8.99. The van der Waals surface area contributed by atoms with Crippen LogP contribution in [0.3, 0.4) is 0 Å². The van der Waals surface area contributed by atoms with Gasteiger partial charge in [-0.3, -0.25) is 4.79 Å². The van der Waals surface area contributed by atoms with Crippen LogP contribution >= 0.6 is 0 Å². The first-order chi connectivity index (χ1) is 10.8. The molecule has 0 aliphatic carbocycles. The van der Waals surface area contributed by atoms with Crippen LogP contribution < -0.4 is 5.43 Å². The zero-order chi connectivity index (χ0) is 17.1. The molecule has 0 amide bonds. The molecule has 1 atom stereocenters. The number of benzene rings is 1. The van der Waals surface area contributed by atoms with Crippen LogP contribution in [0.25, 0.3) is 0 Å². The summed E-state index contributed by atoms with van der Waals surface area (Å²) in [5, 5.41) is 19.9. The molecule has 23 heavy (non-hydrogen) atoms. The smallest absolute Gasteiger partial charge is 0.331 e. The Hall–Kier alpha value is -2.60. The minimum atomic E-state index is -1.05. The largest absolute Gasteiger partial charge is 0.503 e. The third-order valence-electron chi connectivity index (χ3n) is 3.59. The molecule has 0 radical (unpaired) electrons. The van der Waals surface area contributed by atoms with Gasteiger partial charge >= 0.3 is 5.97 Å². The Balaban J connectivity index is 2.75. The lowest BCUT2D eigenvalue weighted by Gasteiger charge is -2.25.